The zero-order valence-corrected chi connectivity index (χ0v) is 13.9. The molecule has 1 saturated heterocycles. The Bertz CT molecular complexity index is 669. The third-order valence-corrected chi connectivity index (χ3v) is 4.69. The first-order valence-corrected chi connectivity index (χ1v) is 8.32. The van der Waals surface area contributed by atoms with Crippen molar-refractivity contribution >= 4 is 5.91 Å². The van der Waals surface area contributed by atoms with Crippen molar-refractivity contribution in [3.05, 3.63) is 65.7 Å². The quantitative estimate of drug-likeness (QED) is 0.940. The number of aliphatic hydroxyl groups excluding tert-OH is 1. The van der Waals surface area contributed by atoms with Crippen LogP contribution in [0.25, 0.3) is 0 Å². The van der Waals surface area contributed by atoms with Crippen molar-refractivity contribution in [3.63, 3.8) is 0 Å². The van der Waals surface area contributed by atoms with Gasteiger partial charge in [0, 0.05) is 18.7 Å². The lowest BCUT2D eigenvalue weighted by atomic mass is 9.87. The van der Waals surface area contributed by atoms with Crippen LogP contribution in [0, 0.1) is 5.92 Å². The van der Waals surface area contributed by atoms with Crippen molar-refractivity contribution in [2.45, 2.75) is 18.9 Å². The SMILES string of the molecule is COc1ccc(C(=O)N2CC[C@H](Cc3ccccc3)[C@@H](O)C2)cc1. The predicted molar refractivity (Wildman–Crippen MR) is 93.2 cm³/mol. The van der Waals surface area contributed by atoms with Crippen molar-refractivity contribution < 1.29 is 14.6 Å². The second-order valence-corrected chi connectivity index (χ2v) is 6.29. The van der Waals surface area contributed by atoms with E-state index in [4.69, 9.17) is 4.74 Å². The average molecular weight is 325 g/mol. The first kappa shape index (κ1) is 16.5. The number of rotatable bonds is 4. The minimum Gasteiger partial charge on any atom is -0.497 e. The summed E-state index contributed by atoms with van der Waals surface area (Å²) >= 11 is 0. The van der Waals surface area contributed by atoms with Crippen LogP contribution in [-0.4, -0.2) is 42.2 Å². The van der Waals surface area contributed by atoms with Crippen LogP contribution in [0.5, 0.6) is 5.75 Å². The van der Waals surface area contributed by atoms with Crippen LogP contribution in [0.1, 0.15) is 22.3 Å². The fourth-order valence-electron chi connectivity index (χ4n) is 3.24. The number of carbonyl (C=O) groups is 1. The number of carbonyl (C=O) groups excluding carboxylic acids is 1. The normalized spacial score (nSPS) is 20.7. The molecule has 4 heteroatoms. The molecule has 0 aliphatic carbocycles. The van der Waals surface area contributed by atoms with Gasteiger partial charge in [0.1, 0.15) is 5.75 Å². The Morgan fingerprint density at radius 2 is 1.88 bits per heavy atom. The number of methoxy groups -OCH3 is 1. The van der Waals surface area contributed by atoms with Crippen molar-refractivity contribution in [1.29, 1.82) is 0 Å². The minimum atomic E-state index is -0.485. The summed E-state index contributed by atoms with van der Waals surface area (Å²) in [7, 11) is 1.60. The van der Waals surface area contributed by atoms with E-state index in [1.54, 1.807) is 36.3 Å². The van der Waals surface area contributed by atoms with Gasteiger partial charge in [-0.15, -0.1) is 0 Å². The van der Waals surface area contributed by atoms with Crippen molar-refractivity contribution in [1.82, 2.24) is 4.90 Å². The van der Waals surface area contributed by atoms with Gasteiger partial charge in [-0.3, -0.25) is 4.79 Å². The zero-order chi connectivity index (χ0) is 16.9. The van der Waals surface area contributed by atoms with E-state index in [2.05, 4.69) is 12.1 Å². The summed E-state index contributed by atoms with van der Waals surface area (Å²) in [4.78, 5) is 14.3. The number of hydrogen-bond acceptors (Lipinski definition) is 3. The Balaban J connectivity index is 1.61. The minimum absolute atomic E-state index is 0.0325. The van der Waals surface area contributed by atoms with Gasteiger partial charge in [0.25, 0.3) is 5.91 Å². The molecule has 2 aromatic rings. The molecule has 4 nitrogen and oxygen atoms in total. The van der Waals surface area contributed by atoms with Crippen LogP contribution in [0.3, 0.4) is 0 Å². The number of hydrogen-bond donors (Lipinski definition) is 1. The molecule has 2 atom stereocenters. The third kappa shape index (κ3) is 3.77. The van der Waals surface area contributed by atoms with Gasteiger partial charge in [0.05, 0.1) is 13.2 Å². The summed E-state index contributed by atoms with van der Waals surface area (Å²) in [6, 6.07) is 17.3. The molecule has 1 aliphatic heterocycles. The first-order valence-electron chi connectivity index (χ1n) is 8.32. The van der Waals surface area contributed by atoms with Crippen LogP contribution in [-0.2, 0) is 6.42 Å². The van der Waals surface area contributed by atoms with Gasteiger partial charge in [-0.1, -0.05) is 30.3 Å². The van der Waals surface area contributed by atoms with Gasteiger partial charge in [0.2, 0.25) is 0 Å². The molecule has 0 spiro atoms. The second kappa shape index (κ2) is 7.49. The smallest absolute Gasteiger partial charge is 0.253 e. The molecule has 1 aliphatic rings. The van der Waals surface area contributed by atoms with E-state index in [0.717, 1.165) is 18.6 Å². The number of nitrogens with zero attached hydrogens (tertiary/aromatic N) is 1. The molecule has 1 fully saturated rings. The van der Waals surface area contributed by atoms with Gasteiger partial charge < -0.3 is 14.7 Å². The second-order valence-electron chi connectivity index (χ2n) is 6.29. The topological polar surface area (TPSA) is 49.8 Å². The number of β-amino-alcohol motifs (C(OH)–C–C–N with tert-alkyl or cyclic N) is 1. The molecule has 3 rings (SSSR count). The van der Waals surface area contributed by atoms with Gasteiger partial charge in [0.15, 0.2) is 0 Å². The fourth-order valence-corrected chi connectivity index (χ4v) is 3.24. The van der Waals surface area contributed by atoms with Crippen molar-refractivity contribution in [3.8, 4) is 5.75 Å². The lowest BCUT2D eigenvalue weighted by Crippen LogP contribution is -2.47. The highest BCUT2D eigenvalue weighted by molar-refractivity contribution is 5.94. The van der Waals surface area contributed by atoms with E-state index in [-0.39, 0.29) is 11.8 Å². The molecule has 0 radical (unpaired) electrons. The highest BCUT2D eigenvalue weighted by atomic mass is 16.5. The summed E-state index contributed by atoms with van der Waals surface area (Å²) in [5.41, 5.74) is 1.86. The maximum absolute atomic E-state index is 12.6. The number of piperidine rings is 1. The Hall–Kier alpha value is -2.33. The molecular weight excluding hydrogens is 302 g/mol. The molecule has 0 saturated carbocycles. The Morgan fingerprint density at radius 1 is 1.17 bits per heavy atom. The molecule has 24 heavy (non-hydrogen) atoms. The van der Waals surface area contributed by atoms with Gasteiger partial charge in [-0.2, -0.15) is 0 Å². The Labute approximate surface area is 142 Å². The maximum atomic E-state index is 12.6. The number of ether oxygens (including phenoxy) is 1. The lowest BCUT2D eigenvalue weighted by Gasteiger charge is -2.36. The highest BCUT2D eigenvalue weighted by Crippen LogP contribution is 2.24. The first-order chi connectivity index (χ1) is 11.7. The number of likely N-dealkylation sites (tertiary alicyclic amines) is 1. The number of amides is 1. The lowest BCUT2D eigenvalue weighted by molar-refractivity contribution is 0.0198. The fraction of sp³-hybridized carbons (Fsp3) is 0.350. The van der Waals surface area contributed by atoms with E-state index in [1.165, 1.54) is 5.56 Å². The monoisotopic (exact) mass is 325 g/mol. The standard InChI is InChI=1S/C20H23NO3/c1-24-18-9-7-16(8-10-18)20(23)21-12-11-17(19(22)14-21)13-15-5-3-2-4-6-15/h2-10,17,19,22H,11-14H2,1H3/t17-,19+/m1/s1. The largest absolute Gasteiger partial charge is 0.497 e. The maximum Gasteiger partial charge on any atom is 0.253 e. The van der Waals surface area contributed by atoms with Crippen molar-refractivity contribution in [2.24, 2.45) is 5.92 Å². The molecule has 1 N–H and O–H groups in total. The van der Waals surface area contributed by atoms with E-state index in [9.17, 15) is 9.90 Å². The van der Waals surface area contributed by atoms with Crippen LogP contribution < -0.4 is 4.74 Å². The number of benzene rings is 2. The molecule has 2 aromatic carbocycles. The summed E-state index contributed by atoms with van der Waals surface area (Å²) in [5.74, 6) is 0.898. The summed E-state index contributed by atoms with van der Waals surface area (Å²) < 4.78 is 5.12. The Morgan fingerprint density at radius 3 is 2.50 bits per heavy atom. The molecule has 0 unspecified atom stereocenters. The number of aliphatic hydroxyl groups is 1. The summed E-state index contributed by atoms with van der Waals surface area (Å²) in [6.07, 6.45) is 1.19. The van der Waals surface area contributed by atoms with E-state index in [0.29, 0.717) is 18.7 Å². The van der Waals surface area contributed by atoms with Gasteiger partial charge in [-0.05, 0) is 48.6 Å². The molecule has 1 amide bonds. The zero-order valence-electron chi connectivity index (χ0n) is 13.9. The molecule has 126 valence electrons. The van der Waals surface area contributed by atoms with Crippen molar-refractivity contribution in [2.75, 3.05) is 20.2 Å². The van der Waals surface area contributed by atoms with Crippen LogP contribution in [0.2, 0.25) is 0 Å². The van der Waals surface area contributed by atoms with Gasteiger partial charge >= 0.3 is 0 Å². The van der Waals surface area contributed by atoms with E-state index >= 15 is 0 Å². The van der Waals surface area contributed by atoms with Crippen LogP contribution >= 0.6 is 0 Å². The van der Waals surface area contributed by atoms with Crippen LogP contribution in [0.15, 0.2) is 54.6 Å². The third-order valence-electron chi connectivity index (χ3n) is 4.69. The van der Waals surface area contributed by atoms with Crippen LogP contribution in [0.4, 0.5) is 0 Å². The van der Waals surface area contributed by atoms with E-state index < -0.39 is 6.10 Å². The Kier molecular flexibility index (Phi) is 5.16. The highest BCUT2D eigenvalue weighted by Gasteiger charge is 2.30. The molecule has 1 heterocycles. The average Bonchev–Trinajstić information content (AvgIpc) is 2.64. The van der Waals surface area contributed by atoms with E-state index in [1.807, 2.05) is 18.2 Å². The molecule has 0 aromatic heterocycles. The molecule has 0 bridgehead atoms. The molecular formula is C20H23NO3. The summed E-state index contributed by atoms with van der Waals surface area (Å²) in [6.45, 7) is 1.07. The van der Waals surface area contributed by atoms with Gasteiger partial charge in [-0.25, -0.2) is 0 Å². The summed E-state index contributed by atoms with van der Waals surface area (Å²) in [5, 5.41) is 10.5. The predicted octanol–water partition coefficient (Wildman–Crippen LogP) is 2.76.